The van der Waals surface area contributed by atoms with Gasteiger partial charge in [-0.25, -0.2) is 0 Å². The molecule has 1 aliphatic carbocycles. The molecule has 108 valence electrons. The van der Waals surface area contributed by atoms with Gasteiger partial charge in [0.1, 0.15) is 0 Å². The van der Waals surface area contributed by atoms with Crippen LogP contribution in [0.4, 0.5) is 0 Å². The molecule has 20 heavy (non-hydrogen) atoms. The van der Waals surface area contributed by atoms with Gasteiger partial charge in [0, 0.05) is 9.53 Å². The lowest BCUT2D eigenvalue weighted by Crippen LogP contribution is -2.26. The summed E-state index contributed by atoms with van der Waals surface area (Å²) in [6.45, 7) is 2.32. The van der Waals surface area contributed by atoms with E-state index in [-0.39, 0.29) is 0 Å². The fourth-order valence-corrected chi connectivity index (χ4v) is 5.32. The van der Waals surface area contributed by atoms with Crippen LogP contribution in [0.15, 0.2) is 29.6 Å². The van der Waals surface area contributed by atoms with E-state index < -0.39 is 0 Å². The van der Waals surface area contributed by atoms with E-state index in [4.69, 9.17) is 0 Å². The molecule has 2 aromatic rings. The first-order valence-corrected chi connectivity index (χ1v) is 9.66. The minimum absolute atomic E-state index is 0.717. The molecule has 0 spiro atoms. The van der Waals surface area contributed by atoms with E-state index in [1.807, 2.05) is 11.3 Å². The molecule has 0 N–H and O–H groups in total. The minimum Gasteiger partial charge on any atom is -0.144 e. The Bertz CT molecular complexity index is 559. The first kappa shape index (κ1) is 14.6. The number of rotatable bonds is 4. The van der Waals surface area contributed by atoms with Crippen LogP contribution < -0.4 is 0 Å². The van der Waals surface area contributed by atoms with Crippen molar-refractivity contribution in [2.75, 3.05) is 0 Å². The summed E-state index contributed by atoms with van der Waals surface area (Å²) in [4.78, 5) is 0.717. The molecule has 1 aromatic carbocycles. The Kier molecular flexibility index (Phi) is 4.83. The summed E-state index contributed by atoms with van der Waals surface area (Å²) < 4.78 is 1.44. The zero-order valence-electron chi connectivity index (χ0n) is 12.1. The molecule has 1 fully saturated rings. The third-order valence-corrected chi connectivity index (χ3v) is 6.96. The average Bonchev–Trinajstić information content (AvgIpc) is 2.86. The van der Waals surface area contributed by atoms with Crippen molar-refractivity contribution < 1.29 is 0 Å². The highest BCUT2D eigenvalue weighted by Gasteiger charge is 2.28. The molecular formula is C18H23BrS. The van der Waals surface area contributed by atoms with E-state index >= 15 is 0 Å². The molecular weight excluding hydrogens is 328 g/mol. The van der Waals surface area contributed by atoms with Crippen molar-refractivity contribution >= 4 is 37.4 Å². The SMILES string of the molecule is CCCC1CCC(Br)C(Cc2csc3ccccc23)C1. The quantitative estimate of drug-likeness (QED) is 0.557. The highest BCUT2D eigenvalue weighted by atomic mass is 79.9. The zero-order valence-corrected chi connectivity index (χ0v) is 14.6. The molecule has 1 saturated carbocycles. The van der Waals surface area contributed by atoms with E-state index in [0.29, 0.717) is 4.83 Å². The van der Waals surface area contributed by atoms with Crippen LogP contribution in [0, 0.1) is 11.8 Å². The molecule has 0 nitrogen and oxygen atoms in total. The van der Waals surface area contributed by atoms with Crippen molar-refractivity contribution in [3.05, 3.63) is 35.2 Å². The second-order valence-electron chi connectivity index (χ2n) is 6.21. The maximum atomic E-state index is 3.95. The monoisotopic (exact) mass is 350 g/mol. The van der Waals surface area contributed by atoms with Crippen LogP contribution in [0.5, 0.6) is 0 Å². The summed E-state index contributed by atoms with van der Waals surface area (Å²) in [5.41, 5.74) is 1.57. The van der Waals surface area contributed by atoms with Crippen LogP contribution in [0.2, 0.25) is 0 Å². The van der Waals surface area contributed by atoms with Gasteiger partial charge >= 0.3 is 0 Å². The standard InChI is InChI=1S/C18H23BrS/c1-2-5-13-8-9-17(19)14(10-13)11-15-12-20-18-7-4-3-6-16(15)18/h3-4,6-7,12-14,17H,2,5,8-11H2,1H3. The van der Waals surface area contributed by atoms with Gasteiger partial charge in [-0.05, 0) is 59.9 Å². The Hall–Kier alpha value is -0.340. The fourth-order valence-electron chi connectivity index (χ4n) is 3.68. The normalized spacial score (nSPS) is 27.0. The molecule has 3 unspecified atom stereocenters. The Balaban J connectivity index is 1.75. The molecule has 3 rings (SSSR count). The number of benzene rings is 1. The van der Waals surface area contributed by atoms with E-state index in [9.17, 15) is 0 Å². The van der Waals surface area contributed by atoms with Gasteiger partial charge in [0.05, 0.1) is 0 Å². The molecule has 0 radical (unpaired) electrons. The minimum atomic E-state index is 0.717. The van der Waals surface area contributed by atoms with Crippen molar-refractivity contribution in [2.45, 2.75) is 50.3 Å². The van der Waals surface area contributed by atoms with Gasteiger partial charge in [0.2, 0.25) is 0 Å². The van der Waals surface area contributed by atoms with Gasteiger partial charge in [0.25, 0.3) is 0 Å². The number of fused-ring (bicyclic) bond motifs is 1. The van der Waals surface area contributed by atoms with Crippen molar-refractivity contribution in [1.29, 1.82) is 0 Å². The summed E-state index contributed by atoms with van der Waals surface area (Å²) >= 11 is 5.85. The first-order chi connectivity index (χ1) is 9.78. The summed E-state index contributed by atoms with van der Waals surface area (Å²) in [5, 5.41) is 3.86. The number of hydrogen-bond donors (Lipinski definition) is 0. The highest BCUT2D eigenvalue weighted by Crippen LogP contribution is 2.39. The molecule has 0 amide bonds. The fraction of sp³-hybridized carbons (Fsp3) is 0.556. The van der Waals surface area contributed by atoms with Crippen LogP contribution in [0.1, 0.15) is 44.6 Å². The number of halogens is 1. The van der Waals surface area contributed by atoms with Crippen molar-refractivity contribution in [3.8, 4) is 0 Å². The lowest BCUT2D eigenvalue weighted by molar-refractivity contribution is 0.263. The van der Waals surface area contributed by atoms with Gasteiger partial charge < -0.3 is 0 Å². The zero-order chi connectivity index (χ0) is 13.9. The Labute approximate surface area is 134 Å². The van der Waals surface area contributed by atoms with Gasteiger partial charge in [-0.3, -0.25) is 0 Å². The van der Waals surface area contributed by atoms with Gasteiger partial charge in [0.15, 0.2) is 0 Å². The van der Waals surface area contributed by atoms with E-state index in [2.05, 4.69) is 52.5 Å². The Morgan fingerprint density at radius 1 is 1.25 bits per heavy atom. The van der Waals surface area contributed by atoms with Gasteiger partial charge in [-0.2, -0.15) is 0 Å². The van der Waals surface area contributed by atoms with Crippen LogP contribution >= 0.6 is 27.3 Å². The molecule has 0 saturated heterocycles. The number of hydrogen-bond acceptors (Lipinski definition) is 1. The van der Waals surface area contributed by atoms with Crippen molar-refractivity contribution in [3.63, 3.8) is 0 Å². The topological polar surface area (TPSA) is 0 Å². The largest absolute Gasteiger partial charge is 0.144 e. The number of alkyl halides is 1. The molecule has 1 aliphatic rings. The first-order valence-electron chi connectivity index (χ1n) is 7.87. The highest BCUT2D eigenvalue weighted by molar-refractivity contribution is 9.09. The smallest absolute Gasteiger partial charge is 0.0345 e. The molecule has 1 heterocycles. The predicted octanol–water partition coefficient (Wildman–Crippen LogP) is 6.42. The van der Waals surface area contributed by atoms with Crippen molar-refractivity contribution in [1.82, 2.24) is 0 Å². The Morgan fingerprint density at radius 3 is 2.95 bits per heavy atom. The predicted molar refractivity (Wildman–Crippen MR) is 94.0 cm³/mol. The maximum Gasteiger partial charge on any atom is 0.0345 e. The molecule has 0 bridgehead atoms. The van der Waals surface area contributed by atoms with Crippen LogP contribution in [-0.2, 0) is 6.42 Å². The average molecular weight is 351 g/mol. The lowest BCUT2D eigenvalue weighted by atomic mass is 9.77. The summed E-state index contributed by atoms with van der Waals surface area (Å²) in [6, 6.07) is 8.85. The number of thiophene rings is 1. The molecule has 0 aliphatic heterocycles. The second kappa shape index (κ2) is 6.62. The summed E-state index contributed by atoms with van der Waals surface area (Å²) in [7, 11) is 0. The van der Waals surface area contributed by atoms with E-state index in [0.717, 1.165) is 11.8 Å². The van der Waals surface area contributed by atoms with Crippen molar-refractivity contribution in [2.24, 2.45) is 11.8 Å². The van der Waals surface area contributed by atoms with Crippen LogP contribution in [-0.4, -0.2) is 4.83 Å². The molecule has 3 atom stereocenters. The van der Waals surface area contributed by atoms with E-state index in [1.165, 1.54) is 48.6 Å². The van der Waals surface area contributed by atoms with Gasteiger partial charge in [-0.15, -0.1) is 11.3 Å². The van der Waals surface area contributed by atoms with Crippen LogP contribution in [0.3, 0.4) is 0 Å². The molecule has 1 aromatic heterocycles. The second-order valence-corrected chi connectivity index (χ2v) is 8.29. The summed E-state index contributed by atoms with van der Waals surface area (Å²) in [6.07, 6.45) is 8.20. The Morgan fingerprint density at radius 2 is 2.10 bits per heavy atom. The maximum absolute atomic E-state index is 3.95. The third-order valence-electron chi connectivity index (χ3n) is 4.74. The lowest BCUT2D eigenvalue weighted by Gasteiger charge is -2.33. The van der Waals surface area contributed by atoms with Crippen LogP contribution in [0.25, 0.3) is 10.1 Å². The van der Waals surface area contributed by atoms with E-state index in [1.54, 1.807) is 5.56 Å². The molecule has 2 heteroatoms. The van der Waals surface area contributed by atoms with Gasteiger partial charge in [-0.1, -0.05) is 53.9 Å². The third kappa shape index (κ3) is 3.12. The summed E-state index contributed by atoms with van der Waals surface area (Å²) in [5.74, 6) is 1.78.